The third kappa shape index (κ3) is 3.31. The van der Waals surface area contributed by atoms with Crippen LogP contribution in [0.3, 0.4) is 0 Å². The van der Waals surface area contributed by atoms with Crippen LogP contribution in [0.1, 0.15) is 25.8 Å². The predicted octanol–water partition coefficient (Wildman–Crippen LogP) is 2.51. The molecule has 2 unspecified atom stereocenters. The van der Waals surface area contributed by atoms with Gasteiger partial charge in [-0.2, -0.15) is 0 Å². The Morgan fingerprint density at radius 1 is 1.38 bits per heavy atom. The van der Waals surface area contributed by atoms with Gasteiger partial charge in [0.15, 0.2) is 0 Å². The average molecular weight is 222 g/mol. The molecule has 0 aliphatic heterocycles. The molecule has 1 aromatic carbocycles. The van der Waals surface area contributed by atoms with Gasteiger partial charge in [0.25, 0.3) is 5.69 Å². The number of non-ortho nitro benzene ring substituents is 1. The van der Waals surface area contributed by atoms with E-state index in [1.54, 1.807) is 12.1 Å². The van der Waals surface area contributed by atoms with Crippen LogP contribution in [0.15, 0.2) is 24.3 Å². The summed E-state index contributed by atoms with van der Waals surface area (Å²) in [5.41, 5.74) is 7.11. The number of hydrogen-bond acceptors (Lipinski definition) is 3. The van der Waals surface area contributed by atoms with Crippen molar-refractivity contribution in [3.8, 4) is 0 Å². The molecule has 0 radical (unpaired) electrons. The lowest BCUT2D eigenvalue weighted by Crippen LogP contribution is -2.27. The predicted molar refractivity (Wildman–Crippen MR) is 64.2 cm³/mol. The van der Waals surface area contributed by atoms with Crippen LogP contribution in [-0.2, 0) is 6.42 Å². The molecule has 0 heterocycles. The molecule has 0 saturated heterocycles. The van der Waals surface area contributed by atoms with Crippen LogP contribution in [0.25, 0.3) is 0 Å². The van der Waals surface area contributed by atoms with Gasteiger partial charge in [-0.25, -0.2) is 0 Å². The van der Waals surface area contributed by atoms with E-state index in [-0.39, 0.29) is 16.7 Å². The summed E-state index contributed by atoms with van der Waals surface area (Å²) in [5, 5.41) is 10.5. The van der Waals surface area contributed by atoms with Crippen LogP contribution in [0.4, 0.5) is 5.69 Å². The topological polar surface area (TPSA) is 69.2 Å². The fraction of sp³-hybridized carbons (Fsp3) is 0.500. The van der Waals surface area contributed by atoms with Crippen molar-refractivity contribution < 1.29 is 4.92 Å². The number of nitro groups is 1. The Labute approximate surface area is 95.6 Å². The van der Waals surface area contributed by atoms with Crippen LogP contribution in [-0.4, -0.2) is 11.0 Å². The molecule has 0 spiro atoms. The van der Waals surface area contributed by atoms with Gasteiger partial charge in [0, 0.05) is 18.2 Å². The minimum Gasteiger partial charge on any atom is -0.328 e. The lowest BCUT2D eigenvalue weighted by atomic mass is 9.91. The van der Waals surface area contributed by atoms with E-state index in [1.807, 2.05) is 19.1 Å². The van der Waals surface area contributed by atoms with E-state index >= 15 is 0 Å². The van der Waals surface area contributed by atoms with E-state index in [0.717, 1.165) is 18.4 Å². The Balaban J connectivity index is 2.71. The molecule has 4 nitrogen and oxygen atoms in total. The highest BCUT2D eigenvalue weighted by Gasteiger charge is 2.13. The number of nitro benzene ring substituents is 1. The lowest BCUT2D eigenvalue weighted by Gasteiger charge is -2.18. The third-order valence-corrected chi connectivity index (χ3v) is 2.91. The molecule has 2 N–H and O–H groups in total. The molecule has 88 valence electrons. The highest BCUT2D eigenvalue weighted by Crippen LogP contribution is 2.18. The van der Waals surface area contributed by atoms with E-state index in [0.29, 0.717) is 5.92 Å². The van der Waals surface area contributed by atoms with E-state index in [1.165, 1.54) is 0 Å². The van der Waals surface area contributed by atoms with Crippen LogP contribution >= 0.6 is 0 Å². The molecule has 1 aromatic rings. The van der Waals surface area contributed by atoms with E-state index in [9.17, 15) is 10.1 Å². The van der Waals surface area contributed by atoms with Crippen molar-refractivity contribution in [2.75, 3.05) is 0 Å². The van der Waals surface area contributed by atoms with Gasteiger partial charge in [-0.1, -0.05) is 25.5 Å². The molecule has 0 aliphatic carbocycles. The number of benzene rings is 1. The molecule has 0 amide bonds. The zero-order chi connectivity index (χ0) is 12.1. The summed E-state index contributed by atoms with van der Waals surface area (Å²) in [5.74, 6) is 0.432. The van der Waals surface area contributed by atoms with Crippen LogP contribution in [0.2, 0.25) is 0 Å². The van der Waals surface area contributed by atoms with E-state index < -0.39 is 0 Å². The number of hydrogen-bond donors (Lipinski definition) is 1. The van der Waals surface area contributed by atoms with Crippen LogP contribution < -0.4 is 5.73 Å². The minimum absolute atomic E-state index is 0.137. The maximum absolute atomic E-state index is 10.5. The van der Waals surface area contributed by atoms with Crippen LogP contribution in [0.5, 0.6) is 0 Å². The molecule has 0 bridgehead atoms. The second-order valence-corrected chi connectivity index (χ2v) is 4.16. The van der Waals surface area contributed by atoms with E-state index in [4.69, 9.17) is 5.73 Å². The second kappa shape index (κ2) is 5.61. The fourth-order valence-electron chi connectivity index (χ4n) is 1.76. The SMILES string of the molecule is CCC(Cc1ccc([N+](=O)[O-])cc1)C(C)N. The summed E-state index contributed by atoms with van der Waals surface area (Å²) in [4.78, 5) is 10.1. The summed E-state index contributed by atoms with van der Waals surface area (Å²) < 4.78 is 0. The molecule has 2 atom stereocenters. The monoisotopic (exact) mass is 222 g/mol. The minimum atomic E-state index is -0.382. The number of nitrogens with two attached hydrogens (primary N) is 1. The normalized spacial score (nSPS) is 14.4. The quantitative estimate of drug-likeness (QED) is 0.614. The summed E-state index contributed by atoms with van der Waals surface area (Å²) in [7, 11) is 0. The number of rotatable bonds is 5. The summed E-state index contributed by atoms with van der Waals surface area (Å²) in [6, 6.07) is 6.86. The molecule has 0 aliphatic rings. The summed E-state index contributed by atoms with van der Waals surface area (Å²) >= 11 is 0. The Kier molecular flexibility index (Phi) is 4.43. The van der Waals surface area contributed by atoms with Gasteiger partial charge in [0.1, 0.15) is 0 Å². The van der Waals surface area contributed by atoms with Crippen molar-refractivity contribution in [1.29, 1.82) is 0 Å². The Morgan fingerprint density at radius 3 is 2.31 bits per heavy atom. The molecule has 0 aromatic heterocycles. The first-order valence-corrected chi connectivity index (χ1v) is 5.53. The van der Waals surface area contributed by atoms with E-state index in [2.05, 4.69) is 6.92 Å². The summed E-state index contributed by atoms with van der Waals surface area (Å²) in [6.07, 6.45) is 1.90. The lowest BCUT2D eigenvalue weighted by molar-refractivity contribution is -0.384. The van der Waals surface area contributed by atoms with Gasteiger partial charge in [-0.3, -0.25) is 10.1 Å². The Morgan fingerprint density at radius 2 is 1.94 bits per heavy atom. The van der Waals surface area contributed by atoms with Crippen molar-refractivity contribution in [3.63, 3.8) is 0 Å². The zero-order valence-electron chi connectivity index (χ0n) is 9.72. The van der Waals surface area contributed by atoms with Crippen LogP contribution in [0, 0.1) is 16.0 Å². The zero-order valence-corrected chi connectivity index (χ0v) is 9.72. The van der Waals surface area contributed by atoms with Gasteiger partial charge in [0.05, 0.1) is 4.92 Å². The maximum atomic E-state index is 10.5. The van der Waals surface area contributed by atoms with Gasteiger partial charge in [-0.05, 0) is 24.8 Å². The maximum Gasteiger partial charge on any atom is 0.269 e. The van der Waals surface area contributed by atoms with Gasteiger partial charge in [-0.15, -0.1) is 0 Å². The molecule has 0 fully saturated rings. The highest BCUT2D eigenvalue weighted by atomic mass is 16.6. The average Bonchev–Trinajstić information content (AvgIpc) is 2.26. The van der Waals surface area contributed by atoms with Gasteiger partial charge in [0.2, 0.25) is 0 Å². The molecular formula is C12H18N2O2. The van der Waals surface area contributed by atoms with Crippen molar-refractivity contribution in [3.05, 3.63) is 39.9 Å². The second-order valence-electron chi connectivity index (χ2n) is 4.16. The third-order valence-electron chi connectivity index (χ3n) is 2.91. The molecular weight excluding hydrogens is 204 g/mol. The van der Waals surface area contributed by atoms with Gasteiger partial charge < -0.3 is 5.73 Å². The molecule has 4 heteroatoms. The molecule has 16 heavy (non-hydrogen) atoms. The Hall–Kier alpha value is -1.42. The first kappa shape index (κ1) is 12.6. The first-order valence-electron chi connectivity index (χ1n) is 5.53. The fourth-order valence-corrected chi connectivity index (χ4v) is 1.76. The van der Waals surface area contributed by atoms with Crippen molar-refractivity contribution >= 4 is 5.69 Å². The molecule has 0 saturated carbocycles. The highest BCUT2D eigenvalue weighted by molar-refractivity contribution is 5.33. The smallest absolute Gasteiger partial charge is 0.269 e. The molecule has 1 rings (SSSR count). The first-order chi connectivity index (χ1) is 7.54. The number of nitrogens with zero attached hydrogens (tertiary/aromatic N) is 1. The standard InChI is InChI=1S/C12H18N2O2/c1-3-11(9(2)13)8-10-4-6-12(7-5-10)14(15)16/h4-7,9,11H,3,8,13H2,1-2H3. The largest absolute Gasteiger partial charge is 0.328 e. The van der Waals surface area contributed by atoms with Gasteiger partial charge >= 0.3 is 0 Å². The Bertz CT molecular complexity index is 347. The van der Waals surface area contributed by atoms with Crippen molar-refractivity contribution in [2.45, 2.75) is 32.7 Å². The van der Waals surface area contributed by atoms with Crippen molar-refractivity contribution in [1.82, 2.24) is 0 Å². The van der Waals surface area contributed by atoms with Crippen molar-refractivity contribution in [2.24, 2.45) is 11.7 Å². The summed E-state index contributed by atoms with van der Waals surface area (Å²) in [6.45, 7) is 4.11.